The summed E-state index contributed by atoms with van der Waals surface area (Å²) in [6.07, 6.45) is -7.06. The zero-order chi connectivity index (χ0) is 21.6. The minimum Gasteiger partial charge on any atom is -0.475 e. The molecule has 0 amide bonds. The van der Waals surface area contributed by atoms with Gasteiger partial charge in [0.25, 0.3) is 6.08 Å². The van der Waals surface area contributed by atoms with Gasteiger partial charge >= 0.3 is 17.8 Å². The Labute approximate surface area is 166 Å². The molecule has 0 spiro atoms. The summed E-state index contributed by atoms with van der Waals surface area (Å²) in [5, 5.41) is 13.2. The van der Waals surface area contributed by atoms with Crippen LogP contribution in [0.4, 0.5) is 22.0 Å². The Bertz CT molecular complexity index is 915. The Hall–Kier alpha value is -2.06. The highest BCUT2D eigenvalue weighted by atomic mass is 79.9. The molecule has 2 heterocycles. The number of nitrogens with one attached hydrogen (secondary N) is 1. The smallest absolute Gasteiger partial charge is 0.475 e. The third-order valence-corrected chi connectivity index (χ3v) is 4.98. The average molecular weight is 493 g/mol. The summed E-state index contributed by atoms with van der Waals surface area (Å²) in [7, 11) is 0. The second-order valence-electron chi connectivity index (χ2n) is 5.24. The molecule has 156 valence electrons. The maximum atomic E-state index is 12.7. The molecule has 0 saturated carbocycles. The molecule has 0 unspecified atom stereocenters. The number of rotatable bonds is 5. The zero-order valence-corrected chi connectivity index (χ0v) is 16.5. The van der Waals surface area contributed by atoms with E-state index in [2.05, 4.69) is 26.1 Å². The fourth-order valence-electron chi connectivity index (χ4n) is 1.83. The third kappa shape index (κ3) is 6.83. The summed E-state index contributed by atoms with van der Waals surface area (Å²) < 4.78 is 59.4. The summed E-state index contributed by atoms with van der Waals surface area (Å²) in [5.74, 6) is -2.51. The first-order chi connectivity index (χ1) is 12.9. The summed E-state index contributed by atoms with van der Waals surface area (Å²) >= 11 is 4.87. The zero-order valence-electron chi connectivity index (χ0n) is 14.1. The van der Waals surface area contributed by atoms with E-state index < -0.39 is 23.9 Å². The highest BCUT2D eigenvalue weighted by molar-refractivity contribution is 9.11. The fraction of sp³-hybridized carbons (Fsp3) is 0.357. The predicted molar refractivity (Wildman–Crippen MR) is 94.4 cm³/mol. The van der Waals surface area contributed by atoms with E-state index in [0.29, 0.717) is 6.54 Å². The fourth-order valence-corrected chi connectivity index (χ4v) is 3.65. The number of halogens is 6. The van der Waals surface area contributed by atoms with Crippen LogP contribution >= 0.6 is 27.3 Å². The summed E-state index contributed by atoms with van der Waals surface area (Å²) in [5.41, 5.74) is 5.67. The molecular weight excluding hydrogens is 479 g/mol. The van der Waals surface area contributed by atoms with Gasteiger partial charge in [0.1, 0.15) is 5.82 Å². The van der Waals surface area contributed by atoms with E-state index in [1.165, 1.54) is 15.9 Å². The molecule has 0 saturated heterocycles. The first-order valence-corrected chi connectivity index (χ1v) is 8.89. The molecule has 2 aromatic rings. The van der Waals surface area contributed by atoms with Crippen LogP contribution in [0.1, 0.15) is 16.3 Å². The lowest BCUT2D eigenvalue weighted by Gasteiger charge is -2.06. The van der Waals surface area contributed by atoms with Crippen LogP contribution in [0.2, 0.25) is 0 Å². The number of thiophene rings is 1. The maximum absolute atomic E-state index is 12.7. The monoisotopic (exact) mass is 492 g/mol. The quantitative estimate of drug-likeness (QED) is 0.555. The van der Waals surface area contributed by atoms with E-state index in [1.807, 2.05) is 13.0 Å². The second kappa shape index (κ2) is 9.93. The van der Waals surface area contributed by atoms with Crippen molar-refractivity contribution in [3.63, 3.8) is 0 Å². The van der Waals surface area contributed by atoms with Crippen LogP contribution in [-0.4, -0.2) is 38.6 Å². The van der Waals surface area contributed by atoms with Crippen molar-refractivity contribution in [1.82, 2.24) is 14.8 Å². The van der Waals surface area contributed by atoms with Gasteiger partial charge in [-0.2, -0.15) is 27.1 Å². The predicted octanol–water partition coefficient (Wildman–Crippen LogP) is 3.04. The Morgan fingerprint density at radius 3 is 2.39 bits per heavy atom. The van der Waals surface area contributed by atoms with Gasteiger partial charge in [0, 0.05) is 23.4 Å². The van der Waals surface area contributed by atoms with Gasteiger partial charge in [-0.15, -0.1) is 11.3 Å². The number of H-pyrrole nitrogens is 1. The number of carboxylic acid groups (broad SMARTS) is 1. The largest absolute Gasteiger partial charge is 0.490 e. The SMILES string of the molecule is Cc1cc(Br)sc1Cn1c(CC(CN)=C(F)F)n[nH]c1=O.O=C(O)C(F)(F)F. The minimum absolute atomic E-state index is 0.150. The molecule has 2 rings (SSSR count). The van der Waals surface area contributed by atoms with Crippen molar-refractivity contribution in [2.24, 2.45) is 5.73 Å². The van der Waals surface area contributed by atoms with Gasteiger partial charge < -0.3 is 10.8 Å². The van der Waals surface area contributed by atoms with Crippen LogP contribution < -0.4 is 11.4 Å². The molecule has 0 aromatic carbocycles. The molecule has 14 heteroatoms. The highest BCUT2D eigenvalue weighted by Gasteiger charge is 2.38. The number of aliphatic carboxylic acids is 1. The molecule has 4 N–H and O–H groups in total. The Kier molecular flexibility index (Phi) is 8.50. The number of alkyl halides is 3. The van der Waals surface area contributed by atoms with E-state index in [9.17, 15) is 26.7 Å². The lowest BCUT2D eigenvalue weighted by molar-refractivity contribution is -0.192. The number of aryl methyl sites for hydroxylation is 1. The number of nitrogens with zero attached hydrogens (tertiary/aromatic N) is 2. The number of hydrogen-bond donors (Lipinski definition) is 3. The lowest BCUT2D eigenvalue weighted by Crippen LogP contribution is -2.21. The van der Waals surface area contributed by atoms with Gasteiger partial charge in [0.05, 0.1) is 10.3 Å². The summed E-state index contributed by atoms with van der Waals surface area (Å²) in [6.45, 7) is 1.94. The minimum atomic E-state index is -5.08. The van der Waals surface area contributed by atoms with Crippen molar-refractivity contribution < 1.29 is 31.9 Å². The van der Waals surface area contributed by atoms with Crippen molar-refractivity contribution in [3.8, 4) is 0 Å². The molecule has 2 aromatic heterocycles. The summed E-state index contributed by atoms with van der Waals surface area (Å²) in [6, 6.07) is 1.94. The maximum Gasteiger partial charge on any atom is 0.490 e. The highest BCUT2D eigenvalue weighted by Crippen LogP contribution is 2.27. The average Bonchev–Trinajstić information content (AvgIpc) is 3.07. The normalized spacial score (nSPS) is 11.0. The van der Waals surface area contributed by atoms with Gasteiger partial charge in [-0.3, -0.25) is 4.57 Å². The molecule has 0 aliphatic carbocycles. The van der Waals surface area contributed by atoms with Crippen molar-refractivity contribution in [3.05, 3.63) is 48.3 Å². The van der Waals surface area contributed by atoms with Crippen LogP contribution in [0.15, 0.2) is 26.3 Å². The Balaban J connectivity index is 0.000000480. The van der Waals surface area contributed by atoms with Crippen LogP contribution in [0.25, 0.3) is 0 Å². The molecule has 0 aliphatic rings. The van der Waals surface area contributed by atoms with Crippen LogP contribution in [-0.2, 0) is 17.8 Å². The topological polar surface area (TPSA) is 114 Å². The molecule has 0 fully saturated rings. The van der Waals surface area contributed by atoms with Gasteiger partial charge in [0.15, 0.2) is 0 Å². The molecule has 0 aliphatic heterocycles. The molecule has 0 radical (unpaired) electrons. The second-order valence-corrected chi connectivity index (χ2v) is 7.75. The number of aromatic nitrogens is 3. The molecule has 28 heavy (non-hydrogen) atoms. The number of carbonyl (C=O) groups is 1. The van der Waals surface area contributed by atoms with Crippen molar-refractivity contribution in [2.45, 2.75) is 26.1 Å². The number of carboxylic acids is 1. The van der Waals surface area contributed by atoms with Gasteiger partial charge in [-0.05, 0) is 34.5 Å². The lowest BCUT2D eigenvalue weighted by atomic mass is 10.2. The third-order valence-electron chi connectivity index (χ3n) is 3.26. The van der Waals surface area contributed by atoms with E-state index in [-0.39, 0.29) is 24.4 Å². The molecule has 0 bridgehead atoms. The number of aromatic amines is 1. The molecule has 7 nitrogen and oxygen atoms in total. The van der Waals surface area contributed by atoms with E-state index >= 15 is 0 Å². The Morgan fingerprint density at radius 2 is 2.00 bits per heavy atom. The van der Waals surface area contributed by atoms with E-state index in [4.69, 9.17) is 15.6 Å². The van der Waals surface area contributed by atoms with Crippen molar-refractivity contribution in [1.29, 1.82) is 0 Å². The van der Waals surface area contributed by atoms with Gasteiger partial charge in [-0.25, -0.2) is 14.7 Å². The van der Waals surface area contributed by atoms with Crippen molar-refractivity contribution in [2.75, 3.05) is 6.54 Å². The van der Waals surface area contributed by atoms with Crippen LogP contribution in [0, 0.1) is 6.92 Å². The molecular formula is C14H14BrF5N4O3S. The standard InChI is InChI=1S/C12H13BrF2N4OS.C2HF3O2/c1-6-2-9(13)21-8(6)5-19-10(17-18-12(19)20)3-7(4-16)11(14)15;3-2(4,5)1(6)7/h2H,3-5,16H2,1H3,(H,18,20);(H,6,7). The van der Waals surface area contributed by atoms with Gasteiger partial charge in [0.2, 0.25) is 0 Å². The molecule has 0 atom stereocenters. The first kappa shape index (κ1) is 24.0. The first-order valence-electron chi connectivity index (χ1n) is 7.28. The van der Waals surface area contributed by atoms with Crippen LogP contribution in [0.5, 0.6) is 0 Å². The Morgan fingerprint density at radius 1 is 1.43 bits per heavy atom. The van der Waals surface area contributed by atoms with Crippen molar-refractivity contribution >= 4 is 33.2 Å². The van der Waals surface area contributed by atoms with E-state index in [1.54, 1.807) is 0 Å². The summed E-state index contributed by atoms with van der Waals surface area (Å²) in [4.78, 5) is 21.7. The van der Waals surface area contributed by atoms with Crippen LogP contribution in [0.3, 0.4) is 0 Å². The number of nitrogens with two attached hydrogens (primary N) is 1. The number of hydrogen-bond acceptors (Lipinski definition) is 5. The van der Waals surface area contributed by atoms with E-state index in [0.717, 1.165) is 14.2 Å². The van der Waals surface area contributed by atoms with Gasteiger partial charge in [-0.1, -0.05) is 0 Å².